The van der Waals surface area contributed by atoms with Crippen LogP contribution in [0.1, 0.15) is 11.1 Å². The van der Waals surface area contributed by atoms with Gasteiger partial charge in [0.05, 0.1) is 38.2 Å². The molecule has 0 saturated carbocycles. The van der Waals surface area contributed by atoms with Crippen molar-refractivity contribution in [2.24, 2.45) is 0 Å². The minimum absolute atomic E-state index is 0.341. The van der Waals surface area contributed by atoms with Gasteiger partial charge in [-0.3, -0.25) is 4.21 Å². The molecule has 0 aliphatic rings. The number of halogens is 2. The quantitative estimate of drug-likeness (QED) is 0.853. The predicted molar refractivity (Wildman–Crippen MR) is 77.7 cm³/mol. The van der Waals surface area contributed by atoms with Crippen LogP contribution in [0.5, 0.6) is 0 Å². The lowest BCUT2D eigenvalue weighted by Gasteiger charge is -2.04. The third-order valence-corrected chi connectivity index (χ3v) is 4.62. The molecule has 1 unspecified atom stereocenters. The molecule has 0 amide bonds. The zero-order valence-corrected chi connectivity index (χ0v) is 12.1. The maximum Gasteiger partial charge on any atom is 0.0991 e. The lowest BCUT2D eigenvalue weighted by atomic mass is 10.2. The van der Waals surface area contributed by atoms with Crippen LogP contribution < -0.4 is 0 Å². The highest BCUT2D eigenvalue weighted by atomic mass is 35.5. The minimum atomic E-state index is -1.22. The van der Waals surface area contributed by atoms with Crippen molar-refractivity contribution >= 4 is 34.0 Å². The maximum absolute atomic E-state index is 12.2. The van der Waals surface area contributed by atoms with Gasteiger partial charge in [-0.15, -0.1) is 0 Å². The molecule has 5 heteroatoms. The van der Waals surface area contributed by atoms with E-state index in [1.54, 1.807) is 36.4 Å². The highest BCUT2D eigenvalue weighted by Gasteiger charge is 2.08. The third-order valence-electron chi connectivity index (χ3n) is 2.51. The van der Waals surface area contributed by atoms with Crippen LogP contribution in [0, 0.1) is 11.3 Å². The number of rotatable bonds is 3. The zero-order valence-electron chi connectivity index (χ0n) is 9.77. The average molecular weight is 310 g/mol. The molecule has 1 atom stereocenters. The van der Waals surface area contributed by atoms with Gasteiger partial charge in [0.15, 0.2) is 0 Å². The Labute approximate surface area is 124 Å². The van der Waals surface area contributed by atoms with Crippen molar-refractivity contribution < 1.29 is 4.21 Å². The smallest absolute Gasteiger partial charge is 0.0991 e. The standard InChI is InChI=1S/C14H9Cl2NOS/c15-13-5-4-12(7-14(13)16)19(18)9-11-3-1-2-10(6-11)8-17/h1-7H,9H2. The molecule has 0 N–H and O–H groups in total. The molecular formula is C14H9Cl2NOS. The van der Waals surface area contributed by atoms with Gasteiger partial charge in [0.1, 0.15) is 0 Å². The molecule has 0 fully saturated rings. The largest absolute Gasteiger partial charge is 0.254 e. The molecule has 0 heterocycles. The first-order valence-corrected chi connectivity index (χ1v) is 7.50. The molecule has 2 aromatic rings. The van der Waals surface area contributed by atoms with E-state index in [0.29, 0.717) is 26.3 Å². The normalized spacial score (nSPS) is 11.8. The Morgan fingerprint density at radius 3 is 2.58 bits per heavy atom. The van der Waals surface area contributed by atoms with Crippen LogP contribution >= 0.6 is 23.2 Å². The molecule has 0 spiro atoms. The van der Waals surface area contributed by atoms with E-state index >= 15 is 0 Å². The van der Waals surface area contributed by atoms with E-state index in [2.05, 4.69) is 6.07 Å². The molecule has 2 rings (SSSR count). The molecule has 2 aromatic carbocycles. The summed E-state index contributed by atoms with van der Waals surface area (Å²) in [4.78, 5) is 0.622. The van der Waals surface area contributed by atoms with E-state index in [4.69, 9.17) is 28.5 Å². The van der Waals surface area contributed by atoms with Crippen LogP contribution in [-0.4, -0.2) is 4.21 Å². The second-order valence-electron chi connectivity index (χ2n) is 3.88. The summed E-state index contributed by atoms with van der Waals surface area (Å²) < 4.78 is 12.2. The van der Waals surface area contributed by atoms with Crippen LogP contribution in [0.3, 0.4) is 0 Å². The van der Waals surface area contributed by atoms with E-state index in [1.165, 1.54) is 0 Å². The first-order valence-electron chi connectivity index (χ1n) is 5.42. The second-order valence-corrected chi connectivity index (χ2v) is 6.14. The number of benzene rings is 2. The lowest BCUT2D eigenvalue weighted by Crippen LogP contribution is -1.97. The number of nitriles is 1. The van der Waals surface area contributed by atoms with E-state index < -0.39 is 10.8 Å². The van der Waals surface area contributed by atoms with Crippen LogP contribution in [0.4, 0.5) is 0 Å². The Balaban J connectivity index is 2.21. The van der Waals surface area contributed by atoms with Gasteiger partial charge >= 0.3 is 0 Å². The Morgan fingerprint density at radius 2 is 1.89 bits per heavy atom. The van der Waals surface area contributed by atoms with Crippen molar-refractivity contribution in [1.29, 1.82) is 5.26 Å². The second kappa shape index (κ2) is 6.21. The average Bonchev–Trinajstić information content (AvgIpc) is 2.42. The first kappa shape index (κ1) is 14.1. The fourth-order valence-electron chi connectivity index (χ4n) is 1.58. The molecule has 0 aromatic heterocycles. The van der Waals surface area contributed by atoms with Crippen LogP contribution in [0.15, 0.2) is 47.4 Å². The number of hydrogen-bond acceptors (Lipinski definition) is 2. The molecular weight excluding hydrogens is 301 g/mol. The lowest BCUT2D eigenvalue weighted by molar-refractivity contribution is 0.682. The van der Waals surface area contributed by atoms with Gasteiger partial charge in [0.2, 0.25) is 0 Å². The van der Waals surface area contributed by atoms with E-state index in [9.17, 15) is 4.21 Å². The van der Waals surface area contributed by atoms with E-state index in [1.807, 2.05) is 6.07 Å². The topological polar surface area (TPSA) is 40.9 Å². The molecule has 0 saturated heterocycles. The summed E-state index contributed by atoms with van der Waals surface area (Å²) in [5, 5.41) is 9.65. The molecule has 0 aliphatic carbocycles. The Kier molecular flexibility index (Phi) is 4.60. The highest BCUT2D eigenvalue weighted by Crippen LogP contribution is 2.25. The van der Waals surface area contributed by atoms with Gasteiger partial charge in [0.25, 0.3) is 0 Å². The number of nitrogens with zero attached hydrogens (tertiary/aromatic N) is 1. The summed E-state index contributed by atoms with van der Waals surface area (Å²) in [7, 11) is -1.22. The van der Waals surface area contributed by atoms with Gasteiger partial charge in [-0.25, -0.2) is 0 Å². The summed E-state index contributed by atoms with van der Waals surface area (Å²) in [6.45, 7) is 0. The third kappa shape index (κ3) is 3.57. The summed E-state index contributed by atoms with van der Waals surface area (Å²) in [5.41, 5.74) is 1.41. The Bertz CT molecular complexity index is 679. The summed E-state index contributed by atoms with van der Waals surface area (Å²) >= 11 is 11.7. The molecule has 19 heavy (non-hydrogen) atoms. The van der Waals surface area contributed by atoms with Gasteiger partial charge in [-0.05, 0) is 35.9 Å². The highest BCUT2D eigenvalue weighted by molar-refractivity contribution is 7.84. The molecule has 0 bridgehead atoms. The molecule has 0 radical (unpaired) electrons. The zero-order chi connectivity index (χ0) is 13.8. The SMILES string of the molecule is N#Cc1cccc(CS(=O)c2ccc(Cl)c(Cl)c2)c1. The van der Waals surface area contributed by atoms with Crippen molar-refractivity contribution in [2.45, 2.75) is 10.6 Å². The fraction of sp³-hybridized carbons (Fsp3) is 0.0714. The summed E-state index contributed by atoms with van der Waals surface area (Å²) in [5.74, 6) is 0.341. The predicted octanol–water partition coefficient (Wildman–Crippen LogP) is 4.17. The first-order chi connectivity index (χ1) is 9.10. The van der Waals surface area contributed by atoms with Crippen molar-refractivity contribution in [3.05, 3.63) is 63.6 Å². The van der Waals surface area contributed by atoms with Crippen LogP contribution in [-0.2, 0) is 16.6 Å². The van der Waals surface area contributed by atoms with Crippen molar-refractivity contribution in [3.8, 4) is 6.07 Å². The molecule has 0 aliphatic heterocycles. The maximum atomic E-state index is 12.2. The van der Waals surface area contributed by atoms with E-state index in [0.717, 1.165) is 5.56 Å². The number of hydrogen-bond donors (Lipinski definition) is 0. The van der Waals surface area contributed by atoms with Gasteiger partial charge < -0.3 is 0 Å². The van der Waals surface area contributed by atoms with Gasteiger partial charge in [-0.2, -0.15) is 5.26 Å². The minimum Gasteiger partial charge on any atom is -0.254 e. The van der Waals surface area contributed by atoms with E-state index in [-0.39, 0.29) is 0 Å². The molecule has 2 nitrogen and oxygen atoms in total. The molecule has 96 valence electrons. The Morgan fingerprint density at radius 1 is 1.11 bits per heavy atom. The Hall–Kier alpha value is -1.34. The van der Waals surface area contributed by atoms with Crippen molar-refractivity contribution in [2.75, 3.05) is 0 Å². The van der Waals surface area contributed by atoms with Gasteiger partial charge in [-0.1, -0.05) is 35.3 Å². The fourth-order valence-corrected chi connectivity index (χ4v) is 3.06. The summed E-state index contributed by atoms with van der Waals surface area (Å²) in [6, 6.07) is 14.1. The monoisotopic (exact) mass is 309 g/mol. The van der Waals surface area contributed by atoms with Gasteiger partial charge in [0, 0.05) is 4.90 Å². The summed E-state index contributed by atoms with van der Waals surface area (Å²) in [6.07, 6.45) is 0. The van der Waals surface area contributed by atoms with Crippen molar-refractivity contribution in [3.63, 3.8) is 0 Å². The van der Waals surface area contributed by atoms with Crippen LogP contribution in [0.2, 0.25) is 10.0 Å². The van der Waals surface area contributed by atoms with Crippen LogP contribution in [0.25, 0.3) is 0 Å². The van der Waals surface area contributed by atoms with Crippen molar-refractivity contribution in [1.82, 2.24) is 0 Å².